The van der Waals surface area contributed by atoms with Crippen LogP contribution < -0.4 is 10.6 Å². The first-order chi connectivity index (χ1) is 10.7. The highest BCUT2D eigenvalue weighted by molar-refractivity contribution is 6.33. The molecule has 1 aromatic heterocycles. The van der Waals surface area contributed by atoms with Crippen LogP contribution in [0.25, 0.3) is 11.3 Å². The molecule has 0 spiro atoms. The molecule has 0 saturated heterocycles. The van der Waals surface area contributed by atoms with Crippen molar-refractivity contribution in [1.82, 2.24) is 15.6 Å². The lowest BCUT2D eigenvalue weighted by atomic mass is 10.2. The molecule has 24 heavy (non-hydrogen) atoms. The predicted octanol–water partition coefficient (Wildman–Crippen LogP) is 3.50. The summed E-state index contributed by atoms with van der Waals surface area (Å²) in [6.07, 6.45) is 3.39. The predicted molar refractivity (Wildman–Crippen MR) is 101 cm³/mol. The standard InChI is InChI=1S/C16H20ClN3O2.2ClH/c1-18-9-4-10-19-15(21)7-8-16-20-11-14(22-16)12-5-2-3-6-13(12)17;;/h2-3,5-6,11,18H,4,7-10H2,1H3,(H,19,21);2*1H. The van der Waals surface area contributed by atoms with Crippen molar-refractivity contribution >= 4 is 42.3 Å². The fourth-order valence-corrected chi connectivity index (χ4v) is 2.24. The van der Waals surface area contributed by atoms with E-state index in [1.165, 1.54) is 0 Å². The fourth-order valence-electron chi connectivity index (χ4n) is 2.01. The Kier molecular flexibility index (Phi) is 11.5. The topological polar surface area (TPSA) is 67.2 Å². The first kappa shape index (κ1) is 22.7. The number of carbonyl (C=O) groups excluding carboxylic acids is 1. The van der Waals surface area contributed by atoms with E-state index in [0.717, 1.165) is 18.5 Å². The molecule has 0 unspecified atom stereocenters. The van der Waals surface area contributed by atoms with Gasteiger partial charge in [0.05, 0.1) is 11.2 Å². The Hall–Kier alpha value is -1.27. The number of halogens is 3. The number of hydrogen-bond donors (Lipinski definition) is 2. The number of hydrogen-bond acceptors (Lipinski definition) is 4. The molecular weight excluding hydrogens is 373 g/mol. The number of carbonyl (C=O) groups is 1. The van der Waals surface area contributed by atoms with E-state index in [0.29, 0.717) is 36.1 Å². The number of amides is 1. The molecule has 2 aromatic rings. The zero-order valence-electron chi connectivity index (χ0n) is 13.4. The van der Waals surface area contributed by atoms with Gasteiger partial charge in [0.15, 0.2) is 11.7 Å². The number of nitrogens with zero attached hydrogens (tertiary/aromatic N) is 1. The molecule has 0 aliphatic rings. The van der Waals surface area contributed by atoms with Crippen LogP contribution in [0, 0.1) is 0 Å². The first-order valence-electron chi connectivity index (χ1n) is 7.31. The van der Waals surface area contributed by atoms with Crippen molar-refractivity contribution in [3.8, 4) is 11.3 Å². The van der Waals surface area contributed by atoms with E-state index >= 15 is 0 Å². The van der Waals surface area contributed by atoms with E-state index in [4.69, 9.17) is 16.0 Å². The van der Waals surface area contributed by atoms with Crippen molar-refractivity contribution in [2.45, 2.75) is 19.3 Å². The van der Waals surface area contributed by atoms with Gasteiger partial charge in [-0.15, -0.1) is 24.8 Å². The third-order valence-electron chi connectivity index (χ3n) is 3.18. The van der Waals surface area contributed by atoms with E-state index in [1.54, 1.807) is 12.3 Å². The molecule has 5 nitrogen and oxygen atoms in total. The van der Waals surface area contributed by atoms with Gasteiger partial charge in [-0.1, -0.05) is 23.7 Å². The Morgan fingerprint density at radius 1 is 1.25 bits per heavy atom. The smallest absolute Gasteiger partial charge is 0.220 e. The Balaban J connectivity index is 0.00000264. The Morgan fingerprint density at radius 2 is 2.00 bits per heavy atom. The summed E-state index contributed by atoms with van der Waals surface area (Å²) in [5.74, 6) is 1.17. The van der Waals surface area contributed by atoms with Crippen molar-refractivity contribution in [3.63, 3.8) is 0 Å². The fraction of sp³-hybridized carbons (Fsp3) is 0.375. The molecular formula is C16H22Cl3N3O2. The minimum Gasteiger partial charge on any atom is -0.441 e. The van der Waals surface area contributed by atoms with E-state index in [-0.39, 0.29) is 30.7 Å². The normalized spacial score (nSPS) is 9.75. The number of aryl methyl sites for hydroxylation is 1. The lowest BCUT2D eigenvalue weighted by Gasteiger charge is -2.03. The van der Waals surface area contributed by atoms with E-state index in [9.17, 15) is 4.79 Å². The summed E-state index contributed by atoms with van der Waals surface area (Å²) in [5, 5.41) is 6.52. The maximum atomic E-state index is 11.7. The largest absolute Gasteiger partial charge is 0.441 e. The van der Waals surface area contributed by atoms with Crippen LogP contribution in [0.2, 0.25) is 5.02 Å². The number of rotatable bonds is 8. The van der Waals surface area contributed by atoms with Crippen molar-refractivity contribution in [1.29, 1.82) is 0 Å². The quantitative estimate of drug-likeness (QED) is 0.673. The maximum Gasteiger partial charge on any atom is 0.220 e. The van der Waals surface area contributed by atoms with Crippen LogP contribution in [0.15, 0.2) is 34.9 Å². The Bertz CT molecular complexity index is 620. The van der Waals surface area contributed by atoms with Gasteiger partial charge in [0.2, 0.25) is 5.91 Å². The zero-order chi connectivity index (χ0) is 15.8. The van der Waals surface area contributed by atoms with Crippen LogP contribution in [0.3, 0.4) is 0 Å². The van der Waals surface area contributed by atoms with Crippen molar-refractivity contribution in [3.05, 3.63) is 41.4 Å². The van der Waals surface area contributed by atoms with E-state index in [1.807, 2.05) is 25.2 Å². The maximum absolute atomic E-state index is 11.7. The molecule has 2 N–H and O–H groups in total. The Labute approximate surface area is 159 Å². The summed E-state index contributed by atoms with van der Waals surface area (Å²) < 4.78 is 5.66. The molecule has 1 heterocycles. The molecule has 0 saturated carbocycles. The molecule has 0 aliphatic heterocycles. The van der Waals surface area contributed by atoms with Gasteiger partial charge in [-0.25, -0.2) is 4.98 Å². The van der Waals surface area contributed by atoms with Crippen LogP contribution in [-0.2, 0) is 11.2 Å². The minimum absolute atomic E-state index is 0. The van der Waals surface area contributed by atoms with Crippen molar-refractivity contribution in [2.24, 2.45) is 0 Å². The monoisotopic (exact) mass is 393 g/mol. The lowest BCUT2D eigenvalue weighted by molar-refractivity contribution is -0.121. The summed E-state index contributed by atoms with van der Waals surface area (Å²) in [6, 6.07) is 7.43. The van der Waals surface area contributed by atoms with Crippen LogP contribution in [0.1, 0.15) is 18.7 Å². The summed E-state index contributed by atoms with van der Waals surface area (Å²) >= 11 is 6.12. The van der Waals surface area contributed by atoms with Gasteiger partial charge in [-0.2, -0.15) is 0 Å². The molecule has 1 aromatic carbocycles. The van der Waals surface area contributed by atoms with Gasteiger partial charge in [-0.05, 0) is 32.1 Å². The minimum atomic E-state index is 0. The van der Waals surface area contributed by atoms with Gasteiger partial charge in [0.1, 0.15) is 0 Å². The molecule has 134 valence electrons. The highest BCUT2D eigenvalue weighted by atomic mass is 35.5. The summed E-state index contributed by atoms with van der Waals surface area (Å²) in [6.45, 7) is 1.57. The summed E-state index contributed by atoms with van der Waals surface area (Å²) in [5.41, 5.74) is 0.805. The highest BCUT2D eigenvalue weighted by Crippen LogP contribution is 2.28. The average Bonchev–Trinajstić information content (AvgIpc) is 2.99. The highest BCUT2D eigenvalue weighted by Gasteiger charge is 2.10. The summed E-state index contributed by atoms with van der Waals surface area (Å²) in [4.78, 5) is 15.9. The number of oxazole rings is 1. The molecule has 0 bridgehead atoms. The SMILES string of the molecule is CNCCCNC(=O)CCc1ncc(-c2ccccc2Cl)o1.Cl.Cl. The molecule has 0 radical (unpaired) electrons. The number of aromatic nitrogens is 1. The molecule has 2 rings (SSSR count). The third kappa shape index (κ3) is 7.09. The van der Waals surface area contributed by atoms with Crippen molar-refractivity contribution in [2.75, 3.05) is 20.1 Å². The second-order valence-corrected chi connectivity index (χ2v) is 5.31. The van der Waals surface area contributed by atoms with E-state index < -0.39 is 0 Å². The van der Waals surface area contributed by atoms with Gasteiger partial charge in [-0.3, -0.25) is 4.79 Å². The average molecular weight is 395 g/mol. The number of benzene rings is 1. The molecule has 0 aliphatic carbocycles. The lowest BCUT2D eigenvalue weighted by Crippen LogP contribution is -2.26. The second kappa shape index (κ2) is 12.1. The van der Waals surface area contributed by atoms with Crippen LogP contribution in [0.5, 0.6) is 0 Å². The third-order valence-corrected chi connectivity index (χ3v) is 3.51. The Morgan fingerprint density at radius 3 is 2.71 bits per heavy atom. The molecule has 0 fully saturated rings. The molecule has 0 atom stereocenters. The molecule has 1 amide bonds. The van der Waals surface area contributed by atoms with Gasteiger partial charge in [0.25, 0.3) is 0 Å². The van der Waals surface area contributed by atoms with Crippen LogP contribution in [0.4, 0.5) is 0 Å². The number of nitrogens with one attached hydrogen (secondary N) is 2. The summed E-state index contributed by atoms with van der Waals surface area (Å²) in [7, 11) is 1.89. The van der Waals surface area contributed by atoms with Gasteiger partial charge in [0, 0.05) is 24.9 Å². The van der Waals surface area contributed by atoms with Crippen LogP contribution >= 0.6 is 36.4 Å². The van der Waals surface area contributed by atoms with E-state index in [2.05, 4.69) is 15.6 Å². The van der Waals surface area contributed by atoms with Crippen molar-refractivity contribution < 1.29 is 9.21 Å². The molecule has 8 heteroatoms. The zero-order valence-corrected chi connectivity index (χ0v) is 15.8. The van der Waals surface area contributed by atoms with Gasteiger partial charge >= 0.3 is 0 Å². The van der Waals surface area contributed by atoms with Crippen LogP contribution in [-0.4, -0.2) is 31.0 Å². The van der Waals surface area contributed by atoms with Gasteiger partial charge < -0.3 is 15.1 Å². The first-order valence-corrected chi connectivity index (χ1v) is 7.69. The second-order valence-electron chi connectivity index (χ2n) is 4.91.